The third-order valence-corrected chi connectivity index (χ3v) is 8.80. The minimum Gasteiger partial charge on any atom is -0.310 e. The van der Waals surface area contributed by atoms with E-state index in [9.17, 15) is 0 Å². The van der Waals surface area contributed by atoms with E-state index < -0.39 is 0 Å². The highest BCUT2D eigenvalue weighted by atomic mass is 15.2. The molecular weight excluding hydrogens is 581 g/mol. The van der Waals surface area contributed by atoms with Crippen molar-refractivity contribution >= 4 is 44.9 Å². The highest BCUT2D eigenvalue weighted by Crippen LogP contribution is 2.48. The average molecular weight is 615 g/mol. The normalized spacial score (nSPS) is 10.9. The second-order valence-electron chi connectivity index (χ2n) is 11.8. The molecule has 0 bridgehead atoms. The summed E-state index contributed by atoms with van der Waals surface area (Å²) in [6, 6.07) is 73.5. The van der Waals surface area contributed by atoms with E-state index in [0.717, 1.165) is 34.1 Å². The van der Waals surface area contributed by atoms with E-state index in [0.29, 0.717) is 0 Å². The average Bonchev–Trinajstić information content (AvgIpc) is 3.17. The Bertz CT molecular complexity index is 2170. The Morgan fingerprint density at radius 2 is 0.667 bits per heavy atom. The summed E-state index contributed by atoms with van der Waals surface area (Å²) in [5.41, 5.74) is 11.4. The molecule has 2 nitrogen and oxygen atoms in total. The van der Waals surface area contributed by atoms with Crippen LogP contribution in [0.3, 0.4) is 0 Å². The Labute approximate surface area is 282 Å². The lowest BCUT2D eigenvalue weighted by molar-refractivity contribution is 1.28. The Hall–Kier alpha value is -6.38. The fourth-order valence-corrected chi connectivity index (χ4v) is 6.64. The summed E-state index contributed by atoms with van der Waals surface area (Å²) in [6.45, 7) is 0. The summed E-state index contributed by atoms with van der Waals surface area (Å²) in [4.78, 5) is 4.76. The van der Waals surface area contributed by atoms with Gasteiger partial charge in [-0.05, 0) is 88.6 Å². The van der Waals surface area contributed by atoms with Gasteiger partial charge in [0.25, 0.3) is 0 Å². The second kappa shape index (κ2) is 13.2. The van der Waals surface area contributed by atoms with Gasteiger partial charge in [0.1, 0.15) is 0 Å². The first kappa shape index (κ1) is 29.1. The number of nitrogens with zero attached hydrogens (tertiary/aromatic N) is 2. The molecule has 2 heteroatoms. The molecule has 0 atom stereocenters. The fourth-order valence-electron chi connectivity index (χ4n) is 6.64. The van der Waals surface area contributed by atoms with Gasteiger partial charge in [-0.2, -0.15) is 0 Å². The zero-order valence-corrected chi connectivity index (χ0v) is 26.5. The molecule has 0 heterocycles. The molecule has 0 saturated carbocycles. The molecule has 0 aromatic heterocycles. The van der Waals surface area contributed by atoms with Crippen LogP contribution in [0, 0.1) is 0 Å². The Morgan fingerprint density at radius 3 is 1.10 bits per heavy atom. The summed E-state index contributed by atoms with van der Waals surface area (Å²) in [6.07, 6.45) is 0. The molecule has 0 radical (unpaired) electrons. The molecule has 8 aromatic rings. The minimum absolute atomic E-state index is 1.10. The molecule has 8 rings (SSSR count). The van der Waals surface area contributed by atoms with E-state index in [1.807, 2.05) is 0 Å². The molecule has 0 saturated heterocycles. The first-order valence-electron chi connectivity index (χ1n) is 16.4. The van der Waals surface area contributed by atoms with E-state index in [2.05, 4.69) is 216 Å². The van der Waals surface area contributed by atoms with Crippen LogP contribution in [-0.4, -0.2) is 0 Å². The second-order valence-corrected chi connectivity index (χ2v) is 11.8. The van der Waals surface area contributed by atoms with Crippen molar-refractivity contribution in [2.45, 2.75) is 0 Å². The lowest BCUT2D eigenvalue weighted by Gasteiger charge is -2.31. The number of anilines is 6. The number of hydrogen-bond acceptors (Lipinski definition) is 2. The molecule has 0 fully saturated rings. The summed E-state index contributed by atoms with van der Waals surface area (Å²) >= 11 is 0. The van der Waals surface area contributed by atoms with Crippen LogP contribution in [0.5, 0.6) is 0 Å². The van der Waals surface area contributed by atoms with Gasteiger partial charge in [0.2, 0.25) is 0 Å². The van der Waals surface area contributed by atoms with Gasteiger partial charge in [-0.1, -0.05) is 140 Å². The largest absolute Gasteiger partial charge is 0.310 e. The number of rotatable bonds is 8. The maximum atomic E-state index is 2.40. The zero-order chi connectivity index (χ0) is 32.1. The molecule has 0 unspecified atom stereocenters. The van der Waals surface area contributed by atoms with E-state index in [4.69, 9.17) is 0 Å². The molecule has 228 valence electrons. The van der Waals surface area contributed by atoms with Crippen LogP contribution in [0.25, 0.3) is 33.0 Å². The Kier molecular flexibility index (Phi) is 7.96. The summed E-state index contributed by atoms with van der Waals surface area (Å²) in [5.74, 6) is 0. The highest BCUT2D eigenvalue weighted by Gasteiger charge is 2.23. The van der Waals surface area contributed by atoms with Crippen molar-refractivity contribution in [2.75, 3.05) is 9.80 Å². The summed E-state index contributed by atoms with van der Waals surface area (Å²) in [7, 11) is 0. The summed E-state index contributed by atoms with van der Waals surface area (Å²) in [5, 5.41) is 2.37. The Balaban J connectivity index is 1.48. The summed E-state index contributed by atoms with van der Waals surface area (Å²) < 4.78 is 0. The molecule has 0 amide bonds. The van der Waals surface area contributed by atoms with E-state index in [1.165, 1.54) is 33.0 Å². The van der Waals surface area contributed by atoms with E-state index >= 15 is 0 Å². The van der Waals surface area contributed by atoms with Gasteiger partial charge >= 0.3 is 0 Å². The molecule has 0 aliphatic carbocycles. The van der Waals surface area contributed by atoms with Gasteiger partial charge in [-0.3, -0.25) is 0 Å². The number of benzene rings is 8. The van der Waals surface area contributed by atoms with Crippen LogP contribution in [-0.2, 0) is 0 Å². The standard InChI is InChI=1S/C46H34N2/c1-7-19-35(20-8-1)42-33-37-31-32-44(47(38-23-11-3-12-24-38)39-25-13-4-14-26-39)46(36-21-9-2-10-22-36)43(37)34-45(42)48(40-27-15-5-16-28-40)41-29-17-6-18-30-41/h1-34H. The lowest BCUT2D eigenvalue weighted by atomic mass is 9.91. The number of para-hydroxylation sites is 4. The molecule has 8 aromatic carbocycles. The quantitative estimate of drug-likeness (QED) is 0.168. The zero-order valence-electron chi connectivity index (χ0n) is 26.5. The van der Waals surface area contributed by atoms with Crippen LogP contribution in [0.15, 0.2) is 206 Å². The fraction of sp³-hybridized carbons (Fsp3) is 0. The molecule has 0 aliphatic heterocycles. The van der Waals surface area contributed by atoms with Crippen molar-refractivity contribution in [3.63, 3.8) is 0 Å². The van der Waals surface area contributed by atoms with E-state index in [-0.39, 0.29) is 0 Å². The van der Waals surface area contributed by atoms with Gasteiger partial charge < -0.3 is 9.80 Å². The van der Waals surface area contributed by atoms with Crippen molar-refractivity contribution in [1.82, 2.24) is 0 Å². The number of fused-ring (bicyclic) bond motifs is 1. The maximum absolute atomic E-state index is 2.40. The van der Waals surface area contributed by atoms with Crippen LogP contribution >= 0.6 is 0 Å². The third-order valence-electron chi connectivity index (χ3n) is 8.80. The molecule has 0 spiro atoms. The molecule has 0 aliphatic rings. The number of hydrogen-bond donors (Lipinski definition) is 0. The molecular formula is C46H34N2. The van der Waals surface area contributed by atoms with Crippen LogP contribution in [0.2, 0.25) is 0 Å². The third kappa shape index (κ3) is 5.61. The predicted octanol–water partition coefficient (Wildman–Crippen LogP) is 13.1. The predicted molar refractivity (Wildman–Crippen MR) is 204 cm³/mol. The highest BCUT2D eigenvalue weighted by molar-refractivity contribution is 6.09. The van der Waals surface area contributed by atoms with Crippen molar-refractivity contribution in [3.8, 4) is 22.3 Å². The van der Waals surface area contributed by atoms with Gasteiger partial charge in [-0.15, -0.1) is 0 Å². The van der Waals surface area contributed by atoms with Gasteiger partial charge in [0.15, 0.2) is 0 Å². The smallest absolute Gasteiger partial charge is 0.0546 e. The van der Waals surface area contributed by atoms with Crippen molar-refractivity contribution in [2.24, 2.45) is 0 Å². The van der Waals surface area contributed by atoms with Crippen LogP contribution in [0.1, 0.15) is 0 Å². The first-order valence-corrected chi connectivity index (χ1v) is 16.4. The lowest BCUT2D eigenvalue weighted by Crippen LogP contribution is -2.12. The van der Waals surface area contributed by atoms with Crippen molar-refractivity contribution < 1.29 is 0 Å². The molecule has 0 N–H and O–H groups in total. The van der Waals surface area contributed by atoms with Crippen LogP contribution < -0.4 is 9.80 Å². The van der Waals surface area contributed by atoms with E-state index in [1.54, 1.807) is 0 Å². The Morgan fingerprint density at radius 1 is 0.292 bits per heavy atom. The van der Waals surface area contributed by atoms with Crippen LogP contribution in [0.4, 0.5) is 34.1 Å². The SMILES string of the molecule is c1ccc(-c2cc3ccc(N(c4ccccc4)c4ccccc4)c(-c4ccccc4)c3cc2N(c2ccccc2)c2ccccc2)cc1. The van der Waals surface area contributed by atoms with Crippen molar-refractivity contribution in [3.05, 3.63) is 206 Å². The monoisotopic (exact) mass is 614 g/mol. The maximum Gasteiger partial charge on any atom is 0.0546 e. The minimum atomic E-state index is 1.10. The first-order chi connectivity index (χ1) is 23.8. The van der Waals surface area contributed by atoms with Crippen molar-refractivity contribution in [1.29, 1.82) is 0 Å². The topological polar surface area (TPSA) is 6.48 Å². The van der Waals surface area contributed by atoms with Gasteiger partial charge in [0, 0.05) is 33.9 Å². The molecule has 48 heavy (non-hydrogen) atoms. The van der Waals surface area contributed by atoms with Gasteiger partial charge in [-0.25, -0.2) is 0 Å². The van der Waals surface area contributed by atoms with Gasteiger partial charge in [0.05, 0.1) is 11.4 Å².